The highest BCUT2D eigenvalue weighted by atomic mass is 35.5. The number of alkyl halides is 3. The second kappa shape index (κ2) is 5.80. The van der Waals surface area contributed by atoms with Crippen molar-refractivity contribution < 1.29 is 27.4 Å². The quantitative estimate of drug-likeness (QED) is 0.812. The highest BCUT2D eigenvalue weighted by Crippen LogP contribution is 2.29. The number of hydrogen-bond donors (Lipinski definition) is 0. The largest absolute Gasteiger partial charge is 0.573 e. The summed E-state index contributed by atoms with van der Waals surface area (Å²) in [7, 11) is 0. The second-order valence-corrected chi connectivity index (χ2v) is 4.45. The van der Waals surface area contributed by atoms with Crippen molar-refractivity contribution in [2.45, 2.75) is 19.7 Å². The summed E-state index contributed by atoms with van der Waals surface area (Å²) in [6.07, 6.45) is -2.26. The van der Waals surface area contributed by atoms with Crippen LogP contribution in [-0.2, 0) is 16.0 Å². The van der Waals surface area contributed by atoms with Gasteiger partial charge in [-0.25, -0.2) is 4.98 Å². The Bertz CT molecular complexity index is 670. The minimum atomic E-state index is -4.86. The first-order valence-electron chi connectivity index (χ1n) is 5.87. The summed E-state index contributed by atoms with van der Waals surface area (Å²) in [4.78, 5) is 15.3. The molecule has 114 valence electrons. The zero-order valence-electron chi connectivity index (χ0n) is 10.8. The molecule has 0 aromatic carbocycles. The maximum atomic E-state index is 12.3. The van der Waals surface area contributed by atoms with E-state index in [-0.39, 0.29) is 29.4 Å². The van der Waals surface area contributed by atoms with Crippen molar-refractivity contribution in [1.29, 1.82) is 0 Å². The van der Waals surface area contributed by atoms with Gasteiger partial charge in [0.1, 0.15) is 0 Å². The minimum absolute atomic E-state index is 0.0434. The van der Waals surface area contributed by atoms with E-state index in [9.17, 15) is 18.0 Å². The average Bonchev–Trinajstić information content (AvgIpc) is 2.69. The molecule has 0 aliphatic heterocycles. The normalized spacial score (nSPS) is 11.7. The molecule has 2 heterocycles. The van der Waals surface area contributed by atoms with Crippen LogP contribution in [0.5, 0.6) is 5.75 Å². The molecule has 0 aliphatic carbocycles. The molecule has 0 atom stereocenters. The van der Waals surface area contributed by atoms with E-state index >= 15 is 0 Å². The molecule has 0 aliphatic rings. The number of nitrogens with zero attached hydrogens (tertiary/aromatic N) is 2. The van der Waals surface area contributed by atoms with Crippen molar-refractivity contribution in [3.8, 4) is 5.75 Å². The summed E-state index contributed by atoms with van der Waals surface area (Å²) in [5.41, 5.74) is 0.166. The van der Waals surface area contributed by atoms with Crippen LogP contribution in [0.3, 0.4) is 0 Å². The number of ether oxygens (including phenoxy) is 2. The molecule has 0 amide bonds. The molecule has 0 saturated heterocycles. The lowest BCUT2D eigenvalue weighted by Crippen LogP contribution is -2.17. The van der Waals surface area contributed by atoms with Crippen molar-refractivity contribution in [1.82, 2.24) is 9.38 Å². The molecule has 0 unspecified atom stereocenters. The van der Waals surface area contributed by atoms with Crippen LogP contribution >= 0.6 is 11.6 Å². The lowest BCUT2D eigenvalue weighted by Gasteiger charge is -2.09. The summed E-state index contributed by atoms with van der Waals surface area (Å²) in [5, 5.41) is 0.0434. The van der Waals surface area contributed by atoms with E-state index in [0.717, 1.165) is 6.07 Å². The minimum Gasteiger partial charge on any atom is -0.466 e. The van der Waals surface area contributed by atoms with Gasteiger partial charge in [-0.1, -0.05) is 11.6 Å². The van der Waals surface area contributed by atoms with Gasteiger partial charge in [0.25, 0.3) is 0 Å². The average molecular weight is 323 g/mol. The molecule has 2 aromatic heterocycles. The third-order valence-corrected chi connectivity index (χ3v) is 2.60. The Morgan fingerprint density at radius 3 is 2.76 bits per heavy atom. The van der Waals surface area contributed by atoms with Gasteiger partial charge >= 0.3 is 12.3 Å². The van der Waals surface area contributed by atoms with E-state index in [1.807, 2.05) is 0 Å². The van der Waals surface area contributed by atoms with Gasteiger partial charge < -0.3 is 13.9 Å². The molecule has 0 radical (unpaired) electrons. The highest BCUT2D eigenvalue weighted by molar-refractivity contribution is 6.30. The molecule has 0 spiro atoms. The SMILES string of the molecule is CCOC(=O)Cc1cn2cc(Cl)cc(OC(F)(F)F)c2n1. The number of esters is 1. The standard InChI is InChI=1S/C12H10ClF3N2O3/c1-2-20-10(19)4-8-6-18-5-7(13)3-9(11(18)17-8)21-12(14,15)16/h3,5-6H,2,4H2,1H3. The Morgan fingerprint density at radius 1 is 1.43 bits per heavy atom. The number of carbonyl (C=O) groups excluding carboxylic acids is 1. The van der Waals surface area contributed by atoms with E-state index in [1.54, 1.807) is 6.92 Å². The van der Waals surface area contributed by atoms with Crippen LogP contribution in [0.1, 0.15) is 12.6 Å². The first-order chi connectivity index (χ1) is 9.78. The number of fused-ring (bicyclic) bond motifs is 1. The van der Waals surface area contributed by atoms with Crippen molar-refractivity contribution in [3.63, 3.8) is 0 Å². The van der Waals surface area contributed by atoms with Crippen LogP contribution in [0.15, 0.2) is 18.5 Å². The van der Waals surface area contributed by atoms with Crippen molar-refractivity contribution in [2.24, 2.45) is 0 Å². The molecule has 2 rings (SSSR count). The van der Waals surface area contributed by atoms with Gasteiger partial charge in [-0.05, 0) is 6.92 Å². The predicted octanol–water partition coefficient (Wildman–Crippen LogP) is 2.99. The Hall–Kier alpha value is -1.96. The van der Waals surface area contributed by atoms with Crippen LogP contribution in [0.4, 0.5) is 13.2 Å². The van der Waals surface area contributed by atoms with Crippen LogP contribution < -0.4 is 4.74 Å². The Balaban J connectivity index is 2.37. The number of aromatic nitrogens is 2. The zero-order valence-corrected chi connectivity index (χ0v) is 11.5. The topological polar surface area (TPSA) is 52.8 Å². The molecule has 21 heavy (non-hydrogen) atoms. The van der Waals surface area contributed by atoms with Crippen LogP contribution in [-0.4, -0.2) is 28.3 Å². The van der Waals surface area contributed by atoms with Gasteiger partial charge in [-0.15, -0.1) is 13.2 Å². The Kier molecular flexibility index (Phi) is 4.26. The summed E-state index contributed by atoms with van der Waals surface area (Å²) >= 11 is 5.73. The smallest absolute Gasteiger partial charge is 0.466 e. The first-order valence-corrected chi connectivity index (χ1v) is 6.25. The van der Waals surface area contributed by atoms with Gasteiger partial charge in [0.2, 0.25) is 0 Å². The summed E-state index contributed by atoms with van der Waals surface area (Å²) in [6, 6.07) is 1.01. The van der Waals surface area contributed by atoms with E-state index < -0.39 is 18.1 Å². The Morgan fingerprint density at radius 2 is 2.14 bits per heavy atom. The van der Waals surface area contributed by atoms with Crippen molar-refractivity contribution in [3.05, 3.63) is 29.2 Å². The Labute approximate surface area is 122 Å². The van der Waals surface area contributed by atoms with Gasteiger partial charge in [-0.3, -0.25) is 4.79 Å². The third kappa shape index (κ3) is 4.01. The fourth-order valence-electron chi connectivity index (χ4n) is 1.73. The molecule has 0 N–H and O–H groups in total. The monoisotopic (exact) mass is 322 g/mol. The molecule has 0 fully saturated rings. The molecule has 5 nitrogen and oxygen atoms in total. The molecule has 0 bridgehead atoms. The van der Waals surface area contributed by atoms with Crippen molar-refractivity contribution >= 4 is 23.2 Å². The number of carbonyl (C=O) groups is 1. The van der Waals surface area contributed by atoms with Gasteiger partial charge in [0.15, 0.2) is 11.4 Å². The molecular formula is C12H10ClF3N2O3. The maximum absolute atomic E-state index is 12.3. The highest BCUT2D eigenvalue weighted by Gasteiger charge is 2.32. The van der Waals surface area contributed by atoms with Crippen molar-refractivity contribution in [2.75, 3.05) is 6.61 Å². The third-order valence-electron chi connectivity index (χ3n) is 2.39. The van der Waals surface area contributed by atoms with E-state index in [0.29, 0.717) is 0 Å². The second-order valence-electron chi connectivity index (χ2n) is 4.02. The predicted molar refractivity (Wildman–Crippen MR) is 67.2 cm³/mol. The van der Waals surface area contributed by atoms with E-state index in [2.05, 4.69) is 9.72 Å². The van der Waals surface area contributed by atoms with Gasteiger partial charge in [0.05, 0.1) is 23.7 Å². The number of hydrogen-bond acceptors (Lipinski definition) is 4. The molecule has 0 saturated carbocycles. The van der Waals surface area contributed by atoms with E-state index in [4.69, 9.17) is 16.3 Å². The summed E-state index contributed by atoms with van der Waals surface area (Å²) in [6.45, 7) is 1.86. The number of rotatable bonds is 4. The lowest BCUT2D eigenvalue weighted by atomic mass is 10.3. The van der Waals surface area contributed by atoms with Crippen LogP contribution in [0, 0.1) is 0 Å². The maximum Gasteiger partial charge on any atom is 0.573 e. The van der Waals surface area contributed by atoms with Gasteiger partial charge in [-0.2, -0.15) is 0 Å². The van der Waals surface area contributed by atoms with Crippen LogP contribution in [0.25, 0.3) is 5.65 Å². The molecular weight excluding hydrogens is 313 g/mol. The molecule has 9 heteroatoms. The number of imidazole rings is 1. The molecule has 2 aromatic rings. The van der Waals surface area contributed by atoms with E-state index in [1.165, 1.54) is 16.8 Å². The van der Waals surface area contributed by atoms with Crippen LogP contribution in [0.2, 0.25) is 5.02 Å². The zero-order chi connectivity index (χ0) is 15.6. The van der Waals surface area contributed by atoms with Gasteiger partial charge in [0, 0.05) is 18.5 Å². The first kappa shape index (κ1) is 15.4. The number of pyridine rings is 1. The fraction of sp³-hybridized carbons (Fsp3) is 0.333. The fourth-order valence-corrected chi connectivity index (χ4v) is 1.93. The summed E-state index contributed by atoms with van der Waals surface area (Å²) < 4.78 is 46.9. The lowest BCUT2D eigenvalue weighted by molar-refractivity contribution is -0.274. The number of halogens is 4. The summed E-state index contributed by atoms with van der Waals surface area (Å²) in [5.74, 6) is -1.06.